The predicted octanol–water partition coefficient (Wildman–Crippen LogP) is 5.88. The first-order valence-electron chi connectivity index (χ1n) is 7.87. The number of carbonyl (C=O) groups excluding carboxylic acids is 1. The number of rotatable bonds is 6. The van der Waals surface area contributed by atoms with Crippen LogP contribution in [-0.2, 0) is 0 Å². The van der Waals surface area contributed by atoms with Crippen molar-refractivity contribution in [3.63, 3.8) is 0 Å². The predicted molar refractivity (Wildman–Crippen MR) is 102 cm³/mol. The molecule has 3 aromatic carbocycles. The van der Waals surface area contributed by atoms with E-state index in [1.807, 2.05) is 72.8 Å². The minimum absolute atomic E-state index is 0.0694. The molecule has 3 heteroatoms. The first-order chi connectivity index (χ1) is 11.7. The number of nitrogens with one attached hydrogen (secondary N) is 1. The Bertz CT molecular complexity index is 785. The Morgan fingerprint density at radius 2 is 1.42 bits per heavy atom. The second kappa shape index (κ2) is 7.93. The average molecular weight is 380 g/mol. The van der Waals surface area contributed by atoms with E-state index in [1.54, 1.807) is 0 Å². The molecule has 1 atom stereocenters. The number of hydrogen-bond donors (Lipinski definition) is 1. The van der Waals surface area contributed by atoms with Gasteiger partial charge in [-0.05, 0) is 29.8 Å². The quantitative estimate of drug-likeness (QED) is 0.542. The van der Waals surface area contributed by atoms with Crippen LogP contribution in [0.5, 0.6) is 0 Å². The Balaban J connectivity index is 1.82. The molecule has 0 saturated heterocycles. The van der Waals surface area contributed by atoms with Crippen molar-refractivity contribution in [1.29, 1.82) is 0 Å². The van der Waals surface area contributed by atoms with Crippen LogP contribution in [0.4, 0.5) is 5.69 Å². The van der Waals surface area contributed by atoms with E-state index in [1.165, 1.54) is 0 Å². The van der Waals surface area contributed by atoms with Gasteiger partial charge in [-0.3, -0.25) is 4.79 Å². The van der Waals surface area contributed by atoms with Crippen LogP contribution in [0.3, 0.4) is 0 Å². The average Bonchev–Trinajstić information content (AvgIpc) is 2.64. The summed E-state index contributed by atoms with van der Waals surface area (Å²) in [6.07, 6.45) is 0.407. The fourth-order valence-corrected chi connectivity index (χ4v) is 2.88. The lowest BCUT2D eigenvalue weighted by molar-refractivity contribution is 0.0976. The van der Waals surface area contributed by atoms with Gasteiger partial charge in [0.05, 0.1) is 6.04 Å². The molecule has 24 heavy (non-hydrogen) atoms. The molecule has 3 rings (SSSR count). The fraction of sp³-hybridized carbons (Fsp3) is 0.0952. The molecule has 0 radical (unpaired) electrons. The Morgan fingerprint density at radius 3 is 2.04 bits per heavy atom. The lowest BCUT2D eigenvalue weighted by atomic mass is 9.97. The van der Waals surface area contributed by atoms with Crippen LogP contribution in [-0.4, -0.2) is 5.78 Å². The molecule has 120 valence electrons. The summed E-state index contributed by atoms with van der Waals surface area (Å²) in [5.74, 6) is 0.133. The van der Waals surface area contributed by atoms with E-state index < -0.39 is 0 Å². The monoisotopic (exact) mass is 379 g/mol. The molecule has 0 heterocycles. The molecule has 1 N–H and O–H groups in total. The minimum atomic E-state index is -0.0694. The molecule has 0 spiro atoms. The van der Waals surface area contributed by atoms with Crippen LogP contribution < -0.4 is 5.32 Å². The number of Topliss-reactive ketones (excluding diaryl/α,β-unsaturated/α-hetero) is 1. The molecule has 0 saturated carbocycles. The van der Waals surface area contributed by atoms with Crippen LogP contribution >= 0.6 is 15.9 Å². The second-order valence-electron chi connectivity index (χ2n) is 5.61. The molecular formula is C21H18BrNO. The van der Waals surface area contributed by atoms with Gasteiger partial charge in [0, 0.05) is 22.1 Å². The number of ketones is 1. The highest BCUT2D eigenvalue weighted by atomic mass is 79.9. The van der Waals surface area contributed by atoms with Crippen molar-refractivity contribution in [3.05, 3.63) is 101 Å². The van der Waals surface area contributed by atoms with Gasteiger partial charge in [-0.1, -0.05) is 76.6 Å². The molecule has 2 nitrogen and oxygen atoms in total. The van der Waals surface area contributed by atoms with Crippen LogP contribution in [0.2, 0.25) is 0 Å². The maximum Gasteiger partial charge on any atom is 0.165 e. The fourth-order valence-electron chi connectivity index (χ4n) is 2.61. The Labute approximate surface area is 150 Å². The van der Waals surface area contributed by atoms with Crippen molar-refractivity contribution in [2.45, 2.75) is 12.5 Å². The van der Waals surface area contributed by atoms with E-state index in [-0.39, 0.29) is 11.8 Å². The van der Waals surface area contributed by atoms with E-state index in [2.05, 4.69) is 33.4 Å². The summed E-state index contributed by atoms with van der Waals surface area (Å²) in [5.41, 5.74) is 2.84. The number of carbonyl (C=O) groups is 1. The molecule has 0 amide bonds. The Morgan fingerprint density at radius 1 is 0.833 bits per heavy atom. The molecule has 0 fully saturated rings. The summed E-state index contributed by atoms with van der Waals surface area (Å²) >= 11 is 3.45. The van der Waals surface area contributed by atoms with Gasteiger partial charge in [-0.2, -0.15) is 0 Å². The van der Waals surface area contributed by atoms with Gasteiger partial charge >= 0.3 is 0 Å². The third-order valence-corrected chi connectivity index (χ3v) is 4.40. The molecule has 0 aliphatic rings. The summed E-state index contributed by atoms with van der Waals surface area (Å²) in [4.78, 5) is 12.6. The first-order valence-corrected chi connectivity index (χ1v) is 8.67. The largest absolute Gasteiger partial charge is 0.378 e. The van der Waals surface area contributed by atoms with E-state index in [0.29, 0.717) is 6.42 Å². The van der Waals surface area contributed by atoms with Crippen LogP contribution in [0.25, 0.3) is 0 Å². The highest BCUT2D eigenvalue weighted by molar-refractivity contribution is 9.10. The van der Waals surface area contributed by atoms with Crippen LogP contribution in [0.1, 0.15) is 28.4 Å². The third kappa shape index (κ3) is 4.33. The zero-order valence-corrected chi connectivity index (χ0v) is 14.7. The SMILES string of the molecule is O=C(C[C@@H](Nc1ccc(Br)cc1)c1ccccc1)c1ccccc1. The molecular weight excluding hydrogens is 362 g/mol. The van der Waals surface area contributed by atoms with E-state index >= 15 is 0 Å². The number of anilines is 1. The number of benzene rings is 3. The van der Waals surface area contributed by atoms with E-state index in [4.69, 9.17) is 0 Å². The molecule has 0 aliphatic heterocycles. The van der Waals surface area contributed by atoms with E-state index in [9.17, 15) is 4.79 Å². The highest BCUT2D eigenvalue weighted by Crippen LogP contribution is 2.25. The zero-order chi connectivity index (χ0) is 16.8. The zero-order valence-electron chi connectivity index (χ0n) is 13.2. The van der Waals surface area contributed by atoms with Gasteiger partial charge < -0.3 is 5.32 Å². The van der Waals surface area contributed by atoms with Gasteiger partial charge in [0.15, 0.2) is 5.78 Å². The second-order valence-corrected chi connectivity index (χ2v) is 6.52. The topological polar surface area (TPSA) is 29.1 Å². The summed E-state index contributed by atoms with van der Waals surface area (Å²) in [6.45, 7) is 0. The lowest BCUT2D eigenvalue weighted by Gasteiger charge is -2.20. The van der Waals surface area contributed by atoms with Crippen molar-refractivity contribution < 1.29 is 4.79 Å². The van der Waals surface area contributed by atoms with Crippen molar-refractivity contribution in [2.24, 2.45) is 0 Å². The normalized spacial score (nSPS) is 11.7. The standard InChI is InChI=1S/C21H18BrNO/c22-18-11-13-19(14-12-18)23-20(16-7-3-1-4-8-16)15-21(24)17-9-5-2-6-10-17/h1-14,20,23H,15H2/t20-/m1/s1. The molecule has 0 bridgehead atoms. The summed E-state index contributed by atoms with van der Waals surface area (Å²) in [7, 11) is 0. The highest BCUT2D eigenvalue weighted by Gasteiger charge is 2.17. The minimum Gasteiger partial charge on any atom is -0.378 e. The van der Waals surface area contributed by atoms with Crippen molar-refractivity contribution in [2.75, 3.05) is 5.32 Å². The van der Waals surface area contributed by atoms with Gasteiger partial charge in [0.25, 0.3) is 0 Å². The van der Waals surface area contributed by atoms with Crippen LogP contribution in [0.15, 0.2) is 89.4 Å². The number of hydrogen-bond acceptors (Lipinski definition) is 2. The Kier molecular flexibility index (Phi) is 5.44. The van der Waals surface area contributed by atoms with Gasteiger partial charge in [0.1, 0.15) is 0 Å². The molecule has 0 unspecified atom stereocenters. The number of halogens is 1. The van der Waals surface area contributed by atoms with Gasteiger partial charge in [-0.25, -0.2) is 0 Å². The van der Waals surface area contributed by atoms with E-state index in [0.717, 1.165) is 21.3 Å². The maximum atomic E-state index is 12.6. The molecule has 3 aromatic rings. The van der Waals surface area contributed by atoms with Crippen molar-refractivity contribution in [1.82, 2.24) is 0 Å². The molecule has 0 aromatic heterocycles. The summed E-state index contributed by atoms with van der Waals surface area (Å²) in [6, 6.07) is 27.5. The summed E-state index contributed by atoms with van der Waals surface area (Å²) in [5, 5.41) is 3.48. The maximum absolute atomic E-state index is 12.6. The van der Waals surface area contributed by atoms with Crippen LogP contribution in [0, 0.1) is 0 Å². The van der Waals surface area contributed by atoms with Crippen molar-refractivity contribution >= 4 is 27.4 Å². The smallest absolute Gasteiger partial charge is 0.165 e. The summed E-state index contributed by atoms with van der Waals surface area (Å²) < 4.78 is 1.03. The van der Waals surface area contributed by atoms with Crippen molar-refractivity contribution in [3.8, 4) is 0 Å². The third-order valence-electron chi connectivity index (χ3n) is 3.87. The Hall–Kier alpha value is -2.39. The van der Waals surface area contributed by atoms with Gasteiger partial charge in [-0.15, -0.1) is 0 Å². The van der Waals surface area contributed by atoms with Gasteiger partial charge in [0.2, 0.25) is 0 Å². The molecule has 0 aliphatic carbocycles. The first kappa shape index (κ1) is 16.5. The lowest BCUT2D eigenvalue weighted by Crippen LogP contribution is -2.15.